The van der Waals surface area contributed by atoms with E-state index in [1.54, 1.807) is 11.3 Å². The average Bonchev–Trinajstić information content (AvgIpc) is 3.31. The molecule has 0 spiro atoms. The zero-order valence-corrected chi connectivity index (χ0v) is 16.4. The van der Waals surface area contributed by atoms with Crippen molar-refractivity contribution in [2.24, 2.45) is 11.0 Å². The second-order valence-electron chi connectivity index (χ2n) is 7.21. The normalized spacial score (nSPS) is 26.0. The maximum absolute atomic E-state index is 6.51. The van der Waals surface area contributed by atoms with E-state index in [0.717, 1.165) is 16.6 Å². The Bertz CT molecular complexity index is 798. The first-order chi connectivity index (χ1) is 12.3. The molecule has 1 aliphatic carbocycles. The fourth-order valence-corrected chi connectivity index (χ4v) is 5.51. The van der Waals surface area contributed by atoms with Gasteiger partial charge in [0.25, 0.3) is 0 Å². The Morgan fingerprint density at radius 1 is 1.16 bits per heavy atom. The first-order valence-corrected chi connectivity index (χ1v) is 10.8. The summed E-state index contributed by atoms with van der Waals surface area (Å²) in [6.07, 6.45) is 7.55. The third-order valence-corrected chi connectivity index (χ3v) is 7.05. The van der Waals surface area contributed by atoms with Crippen molar-refractivity contribution in [1.82, 2.24) is 5.01 Å². The lowest BCUT2D eigenvalue weighted by Gasteiger charge is -2.42. The molecule has 130 valence electrons. The molecule has 2 aromatic rings. The van der Waals surface area contributed by atoms with Crippen molar-refractivity contribution in [1.29, 1.82) is 0 Å². The van der Waals surface area contributed by atoms with Gasteiger partial charge in [-0.3, -0.25) is 0 Å². The Morgan fingerprint density at radius 2 is 2.04 bits per heavy atom. The number of thiophene rings is 1. The van der Waals surface area contributed by atoms with E-state index < -0.39 is 0 Å². The van der Waals surface area contributed by atoms with Gasteiger partial charge in [-0.25, -0.2) is 5.01 Å². The Morgan fingerprint density at radius 3 is 2.84 bits per heavy atom. The van der Waals surface area contributed by atoms with Gasteiger partial charge in [-0.05, 0) is 42.5 Å². The first-order valence-electron chi connectivity index (χ1n) is 9.15. The summed E-state index contributed by atoms with van der Waals surface area (Å²) in [5.41, 5.74) is 2.47. The van der Waals surface area contributed by atoms with Crippen molar-refractivity contribution in [3.63, 3.8) is 0 Å². The van der Waals surface area contributed by atoms with Crippen LogP contribution in [0.15, 0.2) is 45.3 Å². The summed E-state index contributed by atoms with van der Waals surface area (Å²) in [4.78, 5) is 1.29. The van der Waals surface area contributed by atoms with Crippen LogP contribution < -0.4 is 4.74 Å². The van der Waals surface area contributed by atoms with E-state index >= 15 is 0 Å². The number of ether oxygens (including phenoxy) is 1. The second-order valence-corrected chi connectivity index (χ2v) is 9.08. The monoisotopic (exact) mass is 416 g/mol. The number of hydrogen-bond acceptors (Lipinski definition) is 4. The minimum atomic E-state index is 0.0800. The smallest absolute Gasteiger partial charge is 0.190 e. The molecule has 25 heavy (non-hydrogen) atoms. The van der Waals surface area contributed by atoms with Crippen LogP contribution in [0.25, 0.3) is 0 Å². The van der Waals surface area contributed by atoms with E-state index in [0.29, 0.717) is 12.0 Å². The molecular formula is C20H21BrN2OS. The topological polar surface area (TPSA) is 24.8 Å². The van der Waals surface area contributed by atoms with Crippen LogP contribution in [0.4, 0.5) is 0 Å². The predicted molar refractivity (Wildman–Crippen MR) is 105 cm³/mol. The van der Waals surface area contributed by atoms with Crippen LogP contribution >= 0.6 is 27.3 Å². The molecule has 5 rings (SSSR count). The van der Waals surface area contributed by atoms with Crippen LogP contribution in [-0.4, -0.2) is 16.9 Å². The molecule has 0 N–H and O–H groups in total. The number of rotatable bonds is 2. The van der Waals surface area contributed by atoms with Gasteiger partial charge in [-0.1, -0.05) is 41.3 Å². The Balaban J connectivity index is 1.55. The lowest BCUT2D eigenvalue weighted by atomic mass is 9.86. The molecule has 1 saturated carbocycles. The van der Waals surface area contributed by atoms with Gasteiger partial charge in [-0.15, -0.1) is 11.3 Å². The quantitative estimate of drug-likeness (QED) is 0.602. The fraction of sp³-hybridized carbons (Fsp3) is 0.450. The second kappa shape index (κ2) is 6.44. The SMILES string of the molecule is Brc1ccc2c(c1)[C@@H]1CC(c3cccs3)=NN1[C@H](C1CCCCC1)O2. The number of hydrogen-bond donors (Lipinski definition) is 0. The molecule has 3 heterocycles. The molecule has 0 unspecified atom stereocenters. The first kappa shape index (κ1) is 15.9. The Kier molecular flexibility index (Phi) is 4.09. The fourth-order valence-electron chi connectivity index (χ4n) is 4.41. The molecule has 0 bridgehead atoms. The van der Waals surface area contributed by atoms with Gasteiger partial charge in [0, 0.05) is 22.4 Å². The van der Waals surface area contributed by atoms with Crippen LogP contribution in [0.5, 0.6) is 5.75 Å². The highest BCUT2D eigenvalue weighted by Gasteiger charge is 2.43. The van der Waals surface area contributed by atoms with Gasteiger partial charge < -0.3 is 4.74 Å². The van der Waals surface area contributed by atoms with Gasteiger partial charge in [-0.2, -0.15) is 5.10 Å². The minimum Gasteiger partial charge on any atom is -0.468 e. The summed E-state index contributed by atoms with van der Waals surface area (Å²) in [5.74, 6) is 1.63. The van der Waals surface area contributed by atoms with Gasteiger partial charge >= 0.3 is 0 Å². The minimum absolute atomic E-state index is 0.0800. The predicted octanol–water partition coefficient (Wildman–Crippen LogP) is 5.96. The van der Waals surface area contributed by atoms with E-state index in [1.807, 2.05) is 0 Å². The lowest BCUT2D eigenvalue weighted by Crippen LogP contribution is -2.45. The van der Waals surface area contributed by atoms with Crippen LogP contribution in [-0.2, 0) is 0 Å². The largest absolute Gasteiger partial charge is 0.468 e. The van der Waals surface area contributed by atoms with Crippen molar-refractivity contribution in [3.05, 3.63) is 50.6 Å². The van der Waals surface area contributed by atoms with Crippen molar-refractivity contribution in [3.8, 4) is 5.75 Å². The van der Waals surface area contributed by atoms with Crippen molar-refractivity contribution in [2.45, 2.75) is 50.8 Å². The van der Waals surface area contributed by atoms with E-state index in [-0.39, 0.29) is 6.23 Å². The summed E-state index contributed by atoms with van der Waals surface area (Å²) >= 11 is 5.40. The zero-order chi connectivity index (χ0) is 16.8. The maximum Gasteiger partial charge on any atom is 0.190 e. The van der Waals surface area contributed by atoms with E-state index in [4.69, 9.17) is 9.84 Å². The number of nitrogens with zero attached hydrogens (tertiary/aromatic N) is 2. The molecule has 1 aromatic carbocycles. The van der Waals surface area contributed by atoms with Crippen molar-refractivity contribution >= 4 is 33.0 Å². The molecule has 5 heteroatoms. The molecule has 0 radical (unpaired) electrons. The highest BCUT2D eigenvalue weighted by molar-refractivity contribution is 9.10. The highest BCUT2D eigenvalue weighted by Crippen LogP contribution is 2.47. The molecule has 2 atom stereocenters. The summed E-state index contributed by atoms with van der Waals surface area (Å²) < 4.78 is 7.61. The molecule has 0 amide bonds. The standard InChI is InChI=1S/C20H21BrN2OS/c21-14-8-9-18-15(11-14)17-12-16(19-7-4-10-25-19)22-23(17)20(24-18)13-5-2-1-3-6-13/h4,7-11,13,17,20H,1-3,5-6,12H2/t17-,20-/m0/s1. The number of benzene rings is 1. The summed E-state index contributed by atoms with van der Waals surface area (Å²) in [7, 11) is 0. The molecule has 3 aliphatic rings. The molecular weight excluding hydrogens is 396 g/mol. The molecule has 3 nitrogen and oxygen atoms in total. The van der Waals surface area contributed by atoms with Gasteiger partial charge in [0.05, 0.1) is 16.6 Å². The number of fused-ring (bicyclic) bond motifs is 3. The Hall–Kier alpha value is -1.33. The van der Waals surface area contributed by atoms with Gasteiger partial charge in [0.1, 0.15) is 5.75 Å². The van der Waals surface area contributed by atoms with Crippen LogP contribution in [0.3, 0.4) is 0 Å². The summed E-state index contributed by atoms with van der Waals surface area (Å²) in [6, 6.07) is 11.0. The summed E-state index contributed by atoms with van der Waals surface area (Å²) in [6.45, 7) is 0. The van der Waals surface area contributed by atoms with Crippen LogP contribution in [0, 0.1) is 5.92 Å². The lowest BCUT2D eigenvalue weighted by molar-refractivity contribution is -0.0644. The molecule has 1 fully saturated rings. The number of hydrazone groups is 1. The van der Waals surface area contributed by atoms with E-state index in [9.17, 15) is 0 Å². The number of halogens is 1. The van der Waals surface area contributed by atoms with Crippen molar-refractivity contribution < 1.29 is 4.74 Å². The van der Waals surface area contributed by atoms with Crippen LogP contribution in [0.2, 0.25) is 0 Å². The van der Waals surface area contributed by atoms with Crippen molar-refractivity contribution in [2.75, 3.05) is 0 Å². The van der Waals surface area contributed by atoms with Gasteiger partial charge in [0.2, 0.25) is 0 Å². The summed E-state index contributed by atoms with van der Waals surface area (Å²) in [5, 5.41) is 9.47. The molecule has 2 aliphatic heterocycles. The third kappa shape index (κ3) is 2.81. The highest BCUT2D eigenvalue weighted by atomic mass is 79.9. The third-order valence-electron chi connectivity index (χ3n) is 5.64. The van der Waals surface area contributed by atoms with Crippen LogP contribution in [0.1, 0.15) is 55.0 Å². The van der Waals surface area contributed by atoms with E-state index in [1.165, 1.54) is 48.3 Å². The molecule has 0 saturated heterocycles. The Labute approximate surface area is 160 Å². The van der Waals surface area contributed by atoms with E-state index in [2.05, 4.69) is 56.7 Å². The average molecular weight is 417 g/mol. The zero-order valence-electron chi connectivity index (χ0n) is 14.0. The maximum atomic E-state index is 6.51. The molecule has 1 aromatic heterocycles. The van der Waals surface area contributed by atoms with Gasteiger partial charge in [0.15, 0.2) is 6.23 Å².